The molecule has 118 valence electrons. The van der Waals surface area contributed by atoms with Crippen LogP contribution in [0.3, 0.4) is 0 Å². The minimum absolute atomic E-state index is 0.0296. The molecule has 23 heavy (non-hydrogen) atoms. The van der Waals surface area contributed by atoms with Crippen LogP contribution >= 0.6 is 0 Å². The topological polar surface area (TPSA) is 105 Å². The lowest BCUT2D eigenvalue weighted by molar-refractivity contribution is -0.112. The van der Waals surface area contributed by atoms with Gasteiger partial charge in [0.05, 0.1) is 10.5 Å². The van der Waals surface area contributed by atoms with Crippen LogP contribution in [-0.2, 0) is 14.8 Å². The Bertz CT molecular complexity index is 905. The number of nitrogens with zero attached hydrogens (tertiary/aromatic N) is 2. The summed E-state index contributed by atoms with van der Waals surface area (Å²) in [5.41, 5.74) is 1.87. The number of anilines is 2. The van der Waals surface area contributed by atoms with Crippen LogP contribution < -0.4 is 15.4 Å². The summed E-state index contributed by atoms with van der Waals surface area (Å²) in [4.78, 5) is 18.0. The number of carbonyl (C=O) groups is 1. The van der Waals surface area contributed by atoms with Gasteiger partial charge in [0.15, 0.2) is 0 Å². The number of amides is 1. The molecule has 0 atom stereocenters. The SMILES string of the molecule is CN1C(=O)/C(=C\Nc2ccc(S(N)(=O)=O)cc2)c2cccnc21. The Labute approximate surface area is 133 Å². The molecule has 0 unspecified atom stereocenters. The van der Waals surface area contributed by atoms with Crippen LogP contribution in [0.5, 0.6) is 0 Å². The van der Waals surface area contributed by atoms with Crippen molar-refractivity contribution in [1.82, 2.24) is 4.98 Å². The Morgan fingerprint density at radius 1 is 1.22 bits per heavy atom. The Kier molecular flexibility index (Phi) is 3.63. The molecule has 7 nitrogen and oxygen atoms in total. The molecule has 0 saturated carbocycles. The summed E-state index contributed by atoms with van der Waals surface area (Å²) in [6.07, 6.45) is 3.21. The van der Waals surface area contributed by atoms with Crippen molar-refractivity contribution in [3.63, 3.8) is 0 Å². The highest BCUT2D eigenvalue weighted by molar-refractivity contribution is 7.89. The number of hydrogen-bond acceptors (Lipinski definition) is 5. The number of hydrogen-bond donors (Lipinski definition) is 2. The third kappa shape index (κ3) is 2.81. The maximum Gasteiger partial charge on any atom is 0.261 e. The number of rotatable bonds is 3. The lowest BCUT2D eigenvalue weighted by Gasteiger charge is -2.06. The van der Waals surface area contributed by atoms with Crippen molar-refractivity contribution >= 4 is 33.0 Å². The number of primary sulfonamides is 1. The minimum atomic E-state index is -3.72. The number of pyridine rings is 1. The molecule has 1 aromatic carbocycles. The number of fused-ring (bicyclic) bond motifs is 1. The normalized spacial score (nSPS) is 15.8. The van der Waals surface area contributed by atoms with Crippen LogP contribution in [-0.4, -0.2) is 26.4 Å². The molecule has 8 heteroatoms. The molecule has 0 aliphatic carbocycles. The van der Waals surface area contributed by atoms with Crippen molar-refractivity contribution in [3.05, 3.63) is 54.4 Å². The standard InChI is InChI=1S/C15H14N4O3S/c1-19-14-12(3-2-8-17-14)13(15(19)20)9-18-10-4-6-11(7-5-10)23(16,21)22/h2-9,18H,1H3,(H2,16,21,22)/b13-9-. The lowest BCUT2D eigenvalue weighted by Crippen LogP contribution is -2.21. The fraction of sp³-hybridized carbons (Fsp3) is 0.0667. The number of sulfonamides is 1. The molecule has 0 bridgehead atoms. The molecule has 1 aliphatic heterocycles. The van der Waals surface area contributed by atoms with Gasteiger partial charge in [-0.05, 0) is 36.4 Å². The Balaban J connectivity index is 1.87. The molecule has 1 amide bonds. The van der Waals surface area contributed by atoms with Crippen LogP contribution in [0, 0.1) is 0 Å². The summed E-state index contributed by atoms with van der Waals surface area (Å²) < 4.78 is 22.4. The van der Waals surface area contributed by atoms with Gasteiger partial charge in [0.2, 0.25) is 10.0 Å². The second-order valence-electron chi connectivity index (χ2n) is 5.01. The third-order valence-electron chi connectivity index (χ3n) is 3.50. The van der Waals surface area contributed by atoms with E-state index in [0.717, 1.165) is 5.56 Å². The summed E-state index contributed by atoms with van der Waals surface area (Å²) in [6.45, 7) is 0. The number of nitrogens with one attached hydrogen (secondary N) is 1. The zero-order chi connectivity index (χ0) is 16.6. The average molecular weight is 330 g/mol. The van der Waals surface area contributed by atoms with Crippen molar-refractivity contribution in [2.45, 2.75) is 4.90 Å². The first kappa shape index (κ1) is 15.2. The second-order valence-corrected chi connectivity index (χ2v) is 6.57. The van der Waals surface area contributed by atoms with E-state index in [9.17, 15) is 13.2 Å². The molecule has 3 rings (SSSR count). The molecule has 0 fully saturated rings. The molecule has 2 aromatic rings. The van der Waals surface area contributed by atoms with Gasteiger partial charge in [-0.15, -0.1) is 0 Å². The second kappa shape index (κ2) is 5.49. The smallest absolute Gasteiger partial charge is 0.261 e. The van der Waals surface area contributed by atoms with Crippen LogP contribution in [0.25, 0.3) is 5.57 Å². The fourth-order valence-electron chi connectivity index (χ4n) is 2.30. The molecular weight excluding hydrogens is 316 g/mol. The van der Waals surface area contributed by atoms with E-state index in [1.54, 1.807) is 37.6 Å². The molecular formula is C15H14N4O3S. The fourth-order valence-corrected chi connectivity index (χ4v) is 2.82. The van der Waals surface area contributed by atoms with Crippen molar-refractivity contribution in [1.29, 1.82) is 0 Å². The van der Waals surface area contributed by atoms with Gasteiger partial charge in [0, 0.05) is 30.7 Å². The molecule has 0 saturated heterocycles. The highest BCUT2D eigenvalue weighted by Crippen LogP contribution is 2.33. The van der Waals surface area contributed by atoms with E-state index >= 15 is 0 Å². The molecule has 1 aromatic heterocycles. The number of nitrogens with two attached hydrogens (primary N) is 1. The van der Waals surface area contributed by atoms with Gasteiger partial charge in [-0.3, -0.25) is 9.69 Å². The van der Waals surface area contributed by atoms with E-state index in [4.69, 9.17) is 5.14 Å². The summed E-state index contributed by atoms with van der Waals surface area (Å²) in [5.74, 6) is 0.447. The largest absolute Gasteiger partial charge is 0.361 e. The number of carbonyl (C=O) groups excluding carboxylic acids is 1. The molecule has 1 aliphatic rings. The summed E-state index contributed by atoms with van der Waals surface area (Å²) in [6, 6.07) is 9.53. The predicted molar refractivity (Wildman–Crippen MR) is 87.1 cm³/mol. The van der Waals surface area contributed by atoms with Gasteiger partial charge in [-0.25, -0.2) is 18.5 Å². The van der Waals surface area contributed by atoms with Crippen molar-refractivity contribution in [2.24, 2.45) is 5.14 Å². The first-order valence-corrected chi connectivity index (χ1v) is 8.25. The Morgan fingerprint density at radius 3 is 2.57 bits per heavy atom. The quantitative estimate of drug-likeness (QED) is 0.822. The Hall–Kier alpha value is -2.71. The van der Waals surface area contributed by atoms with E-state index in [0.29, 0.717) is 17.1 Å². The van der Waals surface area contributed by atoms with Gasteiger partial charge in [0.25, 0.3) is 5.91 Å². The maximum absolute atomic E-state index is 12.3. The molecule has 0 radical (unpaired) electrons. The van der Waals surface area contributed by atoms with E-state index in [-0.39, 0.29) is 10.8 Å². The first-order valence-electron chi connectivity index (χ1n) is 6.71. The predicted octanol–water partition coefficient (Wildman–Crippen LogP) is 1.16. The van der Waals surface area contributed by atoms with Crippen molar-refractivity contribution in [2.75, 3.05) is 17.3 Å². The number of benzene rings is 1. The average Bonchev–Trinajstić information content (AvgIpc) is 2.77. The molecule has 2 heterocycles. The maximum atomic E-state index is 12.3. The van der Waals surface area contributed by atoms with Crippen molar-refractivity contribution in [3.8, 4) is 0 Å². The van der Waals surface area contributed by atoms with Crippen molar-refractivity contribution < 1.29 is 13.2 Å². The number of likely N-dealkylation sites (N-methyl/N-ethyl adjacent to an activating group) is 1. The first-order chi connectivity index (χ1) is 10.9. The monoisotopic (exact) mass is 330 g/mol. The third-order valence-corrected chi connectivity index (χ3v) is 4.42. The van der Waals surface area contributed by atoms with E-state index in [1.807, 2.05) is 6.07 Å². The number of aromatic nitrogens is 1. The van der Waals surface area contributed by atoms with Crippen LogP contribution in [0.2, 0.25) is 0 Å². The van der Waals surface area contributed by atoms with Crippen LogP contribution in [0.4, 0.5) is 11.5 Å². The summed E-state index contributed by atoms with van der Waals surface area (Å²) in [5, 5.41) is 8.03. The van der Waals surface area contributed by atoms with Gasteiger partial charge >= 0.3 is 0 Å². The van der Waals surface area contributed by atoms with Gasteiger partial charge < -0.3 is 5.32 Å². The lowest BCUT2D eigenvalue weighted by atomic mass is 10.1. The summed E-state index contributed by atoms with van der Waals surface area (Å²) >= 11 is 0. The van der Waals surface area contributed by atoms with E-state index < -0.39 is 10.0 Å². The van der Waals surface area contributed by atoms with E-state index in [2.05, 4.69) is 10.3 Å². The van der Waals surface area contributed by atoms with Crippen LogP contribution in [0.1, 0.15) is 5.56 Å². The Morgan fingerprint density at radius 2 is 1.91 bits per heavy atom. The highest BCUT2D eigenvalue weighted by Gasteiger charge is 2.30. The van der Waals surface area contributed by atoms with E-state index in [1.165, 1.54) is 17.0 Å². The minimum Gasteiger partial charge on any atom is -0.361 e. The van der Waals surface area contributed by atoms with Gasteiger partial charge in [0.1, 0.15) is 5.82 Å². The summed E-state index contributed by atoms with van der Waals surface area (Å²) in [7, 11) is -2.06. The zero-order valence-corrected chi connectivity index (χ0v) is 13.0. The highest BCUT2D eigenvalue weighted by atomic mass is 32.2. The van der Waals surface area contributed by atoms with Crippen LogP contribution in [0.15, 0.2) is 53.7 Å². The molecule has 0 spiro atoms. The van der Waals surface area contributed by atoms with Gasteiger partial charge in [-0.1, -0.05) is 0 Å². The van der Waals surface area contributed by atoms with Gasteiger partial charge in [-0.2, -0.15) is 0 Å². The molecule has 3 N–H and O–H groups in total. The zero-order valence-electron chi connectivity index (χ0n) is 12.2.